The smallest absolute Gasteiger partial charge is 0.0964 e. The number of aromatic nitrogens is 2. The zero-order chi connectivity index (χ0) is 13.4. The van der Waals surface area contributed by atoms with E-state index in [9.17, 15) is 5.11 Å². The van der Waals surface area contributed by atoms with Gasteiger partial charge in [-0.15, -0.1) is 0 Å². The summed E-state index contributed by atoms with van der Waals surface area (Å²) in [6, 6.07) is 4.24. The Morgan fingerprint density at radius 1 is 1.21 bits per heavy atom. The van der Waals surface area contributed by atoms with E-state index in [0.717, 1.165) is 41.6 Å². The zero-order valence-corrected chi connectivity index (χ0v) is 11.3. The highest BCUT2D eigenvalue weighted by molar-refractivity contribution is 5.90. The average Bonchev–Trinajstić information content (AvgIpc) is 2.41. The van der Waals surface area contributed by atoms with Crippen LogP contribution in [0.5, 0.6) is 0 Å². The van der Waals surface area contributed by atoms with E-state index >= 15 is 0 Å². The van der Waals surface area contributed by atoms with Gasteiger partial charge in [-0.05, 0) is 44.2 Å². The number of rotatable bonds is 1. The summed E-state index contributed by atoms with van der Waals surface area (Å²) in [6.07, 6.45) is 6.26. The predicted molar refractivity (Wildman–Crippen MR) is 76.8 cm³/mol. The summed E-state index contributed by atoms with van der Waals surface area (Å²) in [6.45, 7) is 4.04. The second-order valence-corrected chi connectivity index (χ2v) is 5.30. The fourth-order valence-electron chi connectivity index (χ4n) is 2.64. The van der Waals surface area contributed by atoms with Crippen LogP contribution in [0.1, 0.15) is 36.1 Å². The third kappa shape index (κ3) is 2.26. The van der Waals surface area contributed by atoms with Gasteiger partial charge >= 0.3 is 0 Å². The first-order valence-corrected chi connectivity index (χ1v) is 6.75. The molecule has 0 saturated heterocycles. The van der Waals surface area contributed by atoms with Crippen LogP contribution in [0.4, 0.5) is 0 Å². The van der Waals surface area contributed by atoms with E-state index in [1.165, 1.54) is 11.1 Å². The minimum absolute atomic E-state index is 0.186. The van der Waals surface area contributed by atoms with Gasteiger partial charge in [-0.2, -0.15) is 0 Å². The molecule has 0 saturated carbocycles. The monoisotopic (exact) mass is 254 g/mol. The maximum Gasteiger partial charge on any atom is 0.0964 e. The first-order valence-electron chi connectivity index (χ1n) is 6.75. The summed E-state index contributed by atoms with van der Waals surface area (Å²) >= 11 is 0. The average molecular weight is 254 g/mol. The molecule has 1 aromatic carbocycles. The number of fused-ring (bicyclic) bond motifs is 1. The normalized spacial score (nSPS) is 19.5. The van der Waals surface area contributed by atoms with Crippen LogP contribution in [0, 0.1) is 13.8 Å². The van der Waals surface area contributed by atoms with Crippen LogP contribution in [-0.4, -0.2) is 21.2 Å². The molecule has 1 heterocycles. The van der Waals surface area contributed by atoms with Crippen LogP contribution in [0.2, 0.25) is 0 Å². The minimum atomic E-state index is -0.186. The molecular weight excluding hydrogens is 236 g/mol. The second-order valence-electron chi connectivity index (χ2n) is 5.30. The Kier molecular flexibility index (Phi) is 3.07. The molecule has 0 amide bonds. The number of benzene rings is 1. The Bertz CT molecular complexity index is 661. The Hall–Kier alpha value is -1.74. The summed E-state index contributed by atoms with van der Waals surface area (Å²) in [5, 5.41) is 9.60. The lowest BCUT2D eigenvalue weighted by Crippen LogP contribution is -2.10. The van der Waals surface area contributed by atoms with Crippen molar-refractivity contribution < 1.29 is 5.11 Å². The molecule has 0 radical (unpaired) electrons. The number of allylic oxidation sites excluding steroid dienone is 1. The van der Waals surface area contributed by atoms with E-state index in [-0.39, 0.29) is 6.10 Å². The Balaban J connectivity index is 2.17. The zero-order valence-electron chi connectivity index (χ0n) is 11.3. The van der Waals surface area contributed by atoms with Gasteiger partial charge in [0.25, 0.3) is 0 Å². The van der Waals surface area contributed by atoms with Crippen LogP contribution in [0.3, 0.4) is 0 Å². The summed E-state index contributed by atoms with van der Waals surface area (Å²) in [4.78, 5) is 9.18. The number of hydrogen-bond acceptors (Lipinski definition) is 3. The van der Waals surface area contributed by atoms with Gasteiger partial charge in [0.05, 0.1) is 22.8 Å². The number of aryl methyl sites for hydroxylation is 2. The van der Waals surface area contributed by atoms with Crippen molar-refractivity contribution in [1.82, 2.24) is 9.97 Å². The molecule has 1 aliphatic rings. The largest absolute Gasteiger partial charge is 0.393 e. The van der Waals surface area contributed by atoms with Gasteiger partial charge in [0, 0.05) is 11.8 Å². The Morgan fingerprint density at radius 2 is 2.05 bits per heavy atom. The molecule has 1 unspecified atom stereocenters. The van der Waals surface area contributed by atoms with Gasteiger partial charge in [0.1, 0.15) is 0 Å². The van der Waals surface area contributed by atoms with Gasteiger partial charge in [-0.3, -0.25) is 4.98 Å². The lowest BCUT2D eigenvalue weighted by atomic mass is 9.91. The molecule has 3 rings (SSSR count). The minimum Gasteiger partial charge on any atom is -0.393 e. The second kappa shape index (κ2) is 4.74. The first-order chi connectivity index (χ1) is 9.15. The standard InChI is InChI=1S/C16H18N2O/c1-10-3-8-14(12-4-6-13(19)7-5-12)16-15(10)18-11(2)9-17-16/h3-4,8-9,13,19H,5-7H2,1-2H3. The molecule has 1 aliphatic carbocycles. The fraction of sp³-hybridized carbons (Fsp3) is 0.375. The van der Waals surface area contributed by atoms with E-state index in [0.29, 0.717) is 0 Å². The van der Waals surface area contributed by atoms with Crippen LogP contribution >= 0.6 is 0 Å². The van der Waals surface area contributed by atoms with Gasteiger partial charge in [0.15, 0.2) is 0 Å². The molecule has 0 fully saturated rings. The number of nitrogens with zero attached hydrogens (tertiary/aromatic N) is 2. The topological polar surface area (TPSA) is 46.0 Å². The quantitative estimate of drug-likeness (QED) is 0.850. The number of aliphatic hydroxyl groups excluding tert-OH is 1. The lowest BCUT2D eigenvalue weighted by Gasteiger charge is -2.18. The van der Waals surface area contributed by atoms with Crippen LogP contribution in [0.25, 0.3) is 16.6 Å². The molecule has 3 heteroatoms. The highest BCUT2D eigenvalue weighted by Crippen LogP contribution is 2.31. The van der Waals surface area contributed by atoms with Crippen molar-refractivity contribution in [2.24, 2.45) is 0 Å². The third-order valence-electron chi connectivity index (χ3n) is 3.75. The highest BCUT2D eigenvalue weighted by atomic mass is 16.3. The lowest BCUT2D eigenvalue weighted by molar-refractivity contribution is 0.166. The predicted octanol–water partition coefficient (Wildman–Crippen LogP) is 3.17. The molecular formula is C16H18N2O. The molecule has 0 aliphatic heterocycles. The van der Waals surface area contributed by atoms with Crippen LogP contribution in [-0.2, 0) is 0 Å². The van der Waals surface area contributed by atoms with E-state index < -0.39 is 0 Å². The maximum atomic E-state index is 9.60. The fourth-order valence-corrected chi connectivity index (χ4v) is 2.64. The summed E-state index contributed by atoms with van der Waals surface area (Å²) < 4.78 is 0. The van der Waals surface area contributed by atoms with Gasteiger partial charge in [-0.1, -0.05) is 18.2 Å². The van der Waals surface area contributed by atoms with Crippen LogP contribution in [0.15, 0.2) is 24.4 Å². The van der Waals surface area contributed by atoms with Crippen molar-refractivity contribution in [3.8, 4) is 0 Å². The molecule has 2 aromatic rings. The molecule has 1 N–H and O–H groups in total. The molecule has 19 heavy (non-hydrogen) atoms. The van der Waals surface area contributed by atoms with Gasteiger partial charge < -0.3 is 5.11 Å². The SMILES string of the molecule is Cc1cnc2c(C3=CCC(O)CC3)ccc(C)c2n1. The number of hydrogen-bond donors (Lipinski definition) is 1. The summed E-state index contributed by atoms with van der Waals surface area (Å²) in [5.74, 6) is 0. The molecule has 98 valence electrons. The number of aliphatic hydroxyl groups is 1. The van der Waals surface area contributed by atoms with Gasteiger partial charge in [0.2, 0.25) is 0 Å². The highest BCUT2D eigenvalue weighted by Gasteiger charge is 2.16. The van der Waals surface area contributed by atoms with Crippen molar-refractivity contribution >= 4 is 16.6 Å². The Morgan fingerprint density at radius 3 is 2.79 bits per heavy atom. The molecule has 0 bridgehead atoms. The summed E-state index contributed by atoms with van der Waals surface area (Å²) in [7, 11) is 0. The third-order valence-corrected chi connectivity index (χ3v) is 3.75. The van der Waals surface area contributed by atoms with Crippen molar-refractivity contribution in [3.05, 3.63) is 41.2 Å². The molecule has 3 nitrogen and oxygen atoms in total. The van der Waals surface area contributed by atoms with Crippen molar-refractivity contribution in [1.29, 1.82) is 0 Å². The maximum absolute atomic E-state index is 9.60. The first kappa shape index (κ1) is 12.3. The summed E-state index contributed by atoms with van der Waals surface area (Å²) in [5.41, 5.74) is 6.53. The van der Waals surface area contributed by atoms with Crippen molar-refractivity contribution in [3.63, 3.8) is 0 Å². The Labute approximate surface area is 113 Å². The van der Waals surface area contributed by atoms with Gasteiger partial charge in [-0.25, -0.2) is 4.98 Å². The van der Waals surface area contributed by atoms with E-state index in [1.807, 2.05) is 13.1 Å². The van der Waals surface area contributed by atoms with E-state index in [2.05, 4.69) is 35.1 Å². The van der Waals surface area contributed by atoms with E-state index in [1.54, 1.807) is 0 Å². The molecule has 1 aromatic heterocycles. The van der Waals surface area contributed by atoms with Crippen LogP contribution < -0.4 is 0 Å². The van der Waals surface area contributed by atoms with Crippen molar-refractivity contribution in [2.45, 2.75) is 39.2 Å². The molecule has 1 atom stereocenters. The van der Waals surface area contributed by atoms with Crippen molar-refractivity contribution in [2.75, 3.05) is 0 Å². The van der Waals surface area contributed by atoms with E-state index in [4.69, 9.17) is 0 Å². The molecule has 0 spiro atoms.